The van der Waals surface area contributed by atoms with Crippen molar-refractivity contribution in [3.05, 3.63) is 70.2 Å². The van der Waals surface area contributed by atoms with Crippen LogP contribution in [0.4, 0.5) is 19.6 Å². The Morgan fingerprint density at radius 1 is 1.23 bits per heavy atom. The van der Waals surface area contributed by atoms with E-state index in [0.29, 0.717) is 13.0 Å². The van der Waals surface area contributed by atoms with E-state index in [-0.39, 0.29) is 27.7 Å². The SMILES string of the molecule is CNC(CNc1cc(F)c(S(=O)(=O)Nc2nccs2)cc1Cl)Cc1cccc(F)c1. The molecule has 0 fully saturated rings. The van der Waals surface area contributed by atoms with Crippen LogP contribution in [0, 0.1) is 11.6 Å². The van der Waals surface area contributed by atoms with Gasteiger partial charge in [0.2, 0.25) is 0 Å². The molecule has 1 atom stereocenters. The number of likely N-dealkylation sites (N-methyl/N-ethyl adjacent to an activating group) is 1. The van der Waals surface area contributed by atoms with Crippen LogP contribution in [0.15, 0.2) is 52.9 Å². The Bertz CT molecular complexity index is 1110. The zero-order valence-corrected chi connectivity index (χ0v) is 18.2. The minimum atomic E-state index is -4.17. The summed E-state index contributed by atoms with van der Waals surface area (Å²) in [5, 5.41) is 7.88. The summed E-state index contributed by atoms with van der Waals surface area (Å²) in [7, 11) is -2.41. The van der Waals surface area contributed by atoms with E-state index in [0.717, 1.165) is 29.0 Å². The van der Waals surface area contributed by atoms with Gasteiger partial charge in [-0.2, -0.15) is 0 Å². The predicted molar refractivity (Wildman–Crippen MR) is 116 cm³/mol. The lowest BCUT2D eigenvalue weighted by Crippen LogP contribution is -2.34. The maximum Gasteiger partial charge on any atom is 0.266 e. The molecule has 3 N–H and O–H groups in total. The number of nitrogens with zero attached hydrogens (tertiary/aromatic N) is 1. The second kappa shape index (κ2) is 9.69. The highest BCUT2D eigenvalue weighted by Gasteiger charge is 2.22. The highest BCUT2D eigenvalue weighted by Crippen LogP contribution is 2.29. The number of benzene rings is 2. The maximum absolute atomic E-state index is 14.6. The van der Waals surface area contributed by atoms with E-state index >= 15 is 0 Å². The molecule has 0 aliphatic rings. The molecular formula is C19H19ClF2N4O2S2. The largest absolute Gasteiger partial charge is 0.382 e. The van der Waals surface area contributed by atoms with Crippen LogP contribution in [0.5, 0.6) is 0 Å². The van der Waals surface area contributed by atoms with Crippen LogP contribution in [-0.2, 0) is 16.4 Å². The van der Waals surface area contributed by atoms with Gasteiger partial charge in [-0.15, -0.1) is 11.3 Å². The van der Waals surface area contributed by atoms with E-state index in [4.69, 9.17) is 11.6 Å². The van der Waals surface area contributed by atoms with Gasteiger partial charge >= 0.3 is 0 Å². The third-order valence-corrected chi connectivity index (χ3v) is 6.77. The first kappa shape index (κ1) is 22.4. The topological polar surface area (TPSA) is 83.1 Å². The number of thiazole rings is 1. The van der Waals surface area contributed by atoms with E-state index in [1.165, 1.54) is 18.3 Å². The fourth-order valence-electron chi connectivity index (χ4n) is 2.77. The van der Waals surface area contributed by atoms with Crippen LogP contribution in [-0.4, -0.2) is 33.0 Å². The number of hydrogen-bond donors (Lipinski definition) is 3. The molecule has 0 saturated heterocycles. The molecule has 0 amide bonds. The lowest BCUT2D eigenvalue weighted by atomic mass is 10.1. The van der Waals surface area contributed by atoms with Gasteiger partial charge in [0, 0.05) is 24.2 Å². The summed E-state index contributed by atoms with van der Waals surface area (Å²) in [4.78, 5) is 3.25. The molecule has 30 heavy (non-hydrogen) atoms. The van der Waals surface area contributed by atoms with Crippen LogP contribution in [0.3, 0.4) is 0 Å². The van der Waals surface area contributed by atoms with Crippen molar-refractivity contribution in [3.8, 4) is 0 Å². The quantitative estimate of drug-likeness (QED) is 0.436. The first-order chi connectivity index (χ1) is 14.3. The van der Waals surface area contributed by atoms with Gasteiger partial charge in [0.25, 0.3) is 10.0 Å². The summed E-state index contributed by atoms with van der Waals surface area (Å²) < 4.78 is 55.0. The summed E-state index contributed by atoms with van der Waals surface area (Å²) >= 11 is 7.27. The zero-order chi connectivity index (χ0) is 21.7. The summed E-state index contributed by atoms with van der Waals surface area (Å²) in [6.07, 6.45) is 1.96. The molecule has 0 bridgehead atoms. The Hall–Kier alpha value is -2.27. The summed E-state index contributed by atoms with van der Waals surface area (Å²) in [5.74, 6) is -1.26. The lowest BCUT2D eigenvalue weighted by molar-refractivity contribution is 0.567. The molecule has 3 rings (SSSR count). The maximum atomic E-state index is 14.6. The first-order valence-corrected chi connectivity index (χ1v) is 11.6. The average Bonchev–Trinajstić information content (AvgIpc) is 3.19. The van der Waals surface area contributed by atoms with Crippen molar-refractivity contribution in [2.75, 3.05) is 23.6 Å². The second-order valence-corrected chi connectivity index (χ2v) is 9.36. The third-order valence-electron chi connectivity index (χ3n) is 4.28. The van der Waals surface area contributed by atoms with Gasteiger partial charge in [-0.05, 0) is 43.3 Å². The standard InChI is InChI=1S/C19H19ClF2N4O2S2/c1-23-14(8-12-3-2-4-13(21)7-12)11-25-17-10-16(22)18(9-15(17)20)30(27,28)26-19-24-5-6-29-19/h2-7,9-10,14,23,25H,8,11H2,1H3,(H,24,26). The predicted octanol–water partition coefficient (Wildman–Crippen LogP) is 4.12. The van der Waals surface area contributed by atoms with Crippen molar-refractivity contribution < 1.29 is 17.2 Å². The van der Waals surface area contributed by atoms with Gasteiger partial charge in [-0.1, -0.05) is 23.7 Å². The van der Waals surface area contributed by atoms with Gasteiger partial charge in [-0.3, -0.25) is 4.72 Å². The molecule has 1 aromatic heterocycles. The van der Waals surface area contributed by atoms with Crippen LogP contribution in [0.2, 0.25) is 5.02 Å². The van der Waals surface area contributed by atoms with Crippen molar-refractivity contribution >= 4 is 43.8 Å². The smallest absolute Gasteiger partial charge is 0.266 e. The summed E-state index contributed by atoms with van der Waals surface area (Å²) in [6, 6.07) is 8.26. The molecule has 0 aliphatic heterocycles. The van der Waals surface area contributed by atoms with Crippen molar-refractivity contribution in [1.82, 2.24) is 10.3 Å². The van der Waals surface area contributed by atoms with E-state index < -0.39 is 20.7 Å². The van der Waals surface area contributed by atoms with Crippen LogP contribution in [0.1, 0.15) is 5.56 Å². The third kappa shape index (κ3) is 5.66. The van der Waals surface area contributed by atoms with Crippen molar-refractivity contribution in [2.45, 2.75) is 17.4 Å². The van der Waals surface area contributed by atoms with Crippen molar-refractivity contribution in [3.63, 3.8) is 0 Å². The molecule has 1 heterocycles. The summed E-state index contributed by atoms with van der Waals surface area (Å²) in [5.41, 5.74) is 1.06. The van der Waals surface area contributed by atoms with Crippen molar-refractivity contribution in [1.29, 1.82) is 0 Å². The molecule has 1 unspecified atom stereocenters. The van der Waals surface area contributed by atoms with Gasteiger partial charge < -0.3 is 10.6 Å². The minimum absolute atomic E-state index is 0.0523. The monoisotopic (exact) mass is 472 g/mol. The Morgan fingerprint density at radius 2 is 2.03 bits per heavy atom. The highest BCUT2D eigenvalue weighted by atomic mass is 35.5. The number of halogens is 3. The van der Waals surface area contributed by atoms with E-state index in [9.17, 15) is 17.2 Å². The fraction of sp³-hybridized carbons (Fsp3) is 0.211. The van der Waals surface area contributed by atoms with Gasteiger partial charge in [0.05, 0.1) is 10.7 Å². The molecule has 0 radical (unpaired) electrons. The normalized spacial score (nSPS) is 12.5. The van der Waals surface area contributed by atoms with Gasteiger partial charge in [0.15, 0.2) is 5.13 Å². The number of nitrogens with one attached hydrogen (secondary N) is 3. The second-order valence-electron chi connectivity index (χ2n) is 6.41. The molecule has 160 valence electrons. The van der Waals surface area contributed by atoms with E-state index in [2.05, 4.69) is 20.3 Å². The number of aromatic nitrogens is 1. The van der Waals surface area contributed by atoms with Crippen LogP contribution >= 0.6 is 22.9 Å². The highest BCUT2D eigenvalue weighted by molar-refractivity contribution is 7.93. The van der Waals surface area contributed by atoms with Gasteiger partial charge in [0.1, 0.15) is 16.5 Å². The molecule has 3 aromatic rings. The first-order valence-electron chi connectivity index (χ1n) is 8.85. The van der Waals surface area contributed by atoms with Gasteiger partial charge in [-0.25, -0.2) is 22.2 Å². The molecular weight excluding hydrogens is 454 g/mol. The Labute approximate surface area is 182 Å². The molecule has 0 saturated carbocycles. The Morgan fingerprint density at radius 3 is 2.70 bits per heavy atom. The molecule has 0 spiro atoms. The van der Waals surface area contributed by atoms with Crippen LogP contribution in [0.25, 0.3) is 0 Å². The van der Waals surface area contributed by atoms with E-state index in [1.807, 2.05) is 6.07 Å². The molecule has 2 aromatic carbocycles. The fourth-order valence-corrected chi connectivity index (χ4v) is 4.94. The van der Waals surface area contributed by atoms with Crippen molar-refractivity contribution in [2.24, 2.45) is 0 Å². The Kier molecular flexibility index (Phi) is 7.24. The number of hydrogen-bond acceptors (Lipinski definition) is 6. The van der Waals surface area contributed by atoms with E-state index in [1.54, 1.807) is 18.5 Å². The Balaban J connectivity index is 1.71. The average molecular weight is 473 g/mol. The number of rotatable bonds is 9. The lowest BCUT2D eigenvalue weighted by Gasteiger charge is -2.19. The molecule has 0 aliphatic carbocycles. The zero-order valence-electron chi connectivity index (χ0n) is 15.8. The summed E-state index contributed by atoms with van der Waals surface area (Å²) in [6.45, 7) is 0.357. The number of anilines is 2. The van der Waals surface area contributed by atoms with Crippen LogP contribution < -0.4 is 15.4 Å². The minimum Gasteiger partial charge on any atom is -0.382 e. The number of sulfonamides is 1. The molecule has 11 heteroatoms. The molecule has 6 nitrogen and oxygen atoms in total.